The first-order valence-electron chi connectivity index (χ1n) is 17.6. The van der Waals surface area contributed by atoms with Gasteiger partial charge in [-0.25, -0.2) is 19.7 Å². The van der Waals surface area contributed by atoms with Crippen LogP contribution in [0.1, 0.15) is 85.1 Å². The van der Waals surface area contributed by atoms with Crippen molar-refractivity contribution < 1.29 is 14.3 Å². The van der Waals surface area contributed by atoms with Gasteiger partial charge in [0.1, 0.15) is 16.9 Å². The third-order valence-corrected chi connectivity index (χ3v) is 9.28. The molecule has 0 radical (unpaired) electrons. The number of nitrogen functional groups attached to an aromatic ring is 1. The quantitative estimate of drug-likeness (QED) is 0.127. The van der Waals surface area contributed by atoms with Gasteiger partial charge in [-0.3, -0.25) is 9.36 Å². The SMILES string of the molecule is CCCC(CCC)C(=O)Nc1cccc(-c2ccc3nc(-c4cccnc4N)n(-c4ccc(C5(NC(=O)OC(C)(C)C)CCC5)cc4)c3n2)c1. The Morgan fingerprint density at radius 3 is 2.34 bits per heavy atom. The van der Waals surface area contributed by atoms with Gasteiger partial charge in [0.2, 0.25) is 5.91 Å². The standard InChI is InChI=1S/C40H47N7O3/c1-6-11-26(12-7-2)37(48)43-29-14-8-13-27(25-29)32-20-21-33-36(44-32)47(35(45-33)31-15-9-24-42-34(31)41)30-18-16-28(17-19-30)40(22-10-23-40)46-38(49)50-39(3,4)5/h8-9,13-21,24-26H,6-7,10-12,22-23H2,1-5H3,(H2,41,42)(H,43,48)(H,46,49). The van der Waals surface area contributed by atoms with Crippen LogP contribution in [-0.4, -0.2) is 37.1 Å². The molecule has 3 heterocycles. The number of fused-ring (bicyclic) bond motifs is 1. The predicted octanol–water partition coefficient (Wildman–Crippen LogP) is 8.79. The monoisotopic (exact) mass is 673 g/mol. The highest BCUT2D eigenvalue weighted by atomic mass is 16.6. The molecule has 1 fully saturated rings. The summed E-state index contributed by atoms with van der Waals surface area (Å²) in [4.78, 5) is 40.4. The van der Waals surface area contributed by atoms with Crippen LogP contribution in [0.4, 0.5) is 16.3 Å². The number of anilines is 2. The molecule has 4 N–H and O–H groups in total. The Balaban J connectivity index is 1.38. The maximum absolute atomic E-state index is 13.1. The van der Waals surface area contributed by atoms with Crippen molar-refractivity contribution in [1.29, 1.82) is 0 Å². The summed E-state index contributed by atoms with van der Waals surface area (Å²) in [6.45, 7) is 9.81. The van der Waals surface area contributed by atoms with E-state index in [1.54, 1.807) is 6.20 Å². The maximum Gasteiger partial charge on any atom is 0.408 e. The van der Waals surface area contributed by atoms with Crippen LogP contribution >= 0.6 is 0 Å². The fourth-order valence-corrected chi connectivity index (χ4v) is 6.70. The van der Waals surface area contributed by atoms with E-state index < -0.39 is 17.2 Å². The second-order valence-electron chi connectivity index (χ2n) is 14.2. The Kier molecular flexibility index (Phi) is 9.90. The van der Waals surface area contributed by atoms with Gasteiger partial charge in [0, 0.05) is 29.1 Å². The number of nitrogens with two attached hydrogens (primary N) is 1. The van der Waals surface area contributed by atoms with E-state index in [4.69, 9.17) is 20.4 Å². The minimum Gasteiger partial charge on any atom is -0.444 e. The zero-order chi connectivity index (χ0) is 35.5. The number of hydrogen-bond acceptors (Lipinski definition) is 7. The summed E-state index contributed by atoms with van der Waals surface area (Å²) in [6, 6.07) is 23.6. The van der Waals surface area contributed by atoms with Gasteiger partial charge in [-0.1, -0.05) is 51.0 Å². The Hall–Kier alpha value is -5.25. The van der Waals surface area contributed by atoms with Gasteiger partial charge in [-0.05, 0) is 107 Å². The van der Waals surface area contributed by atoms with Crippen molar-refractivity contribution in [1.82, 2.24) is 24.8 Å². The van der Waals surface area contributed by atoms with Crippen LogP contribution in [0.15, 0.2) is 79.0 Å². The Labute approximate surface area is 293 Å². The lowest BCUT2D eigenvalue weighted by atomic mass is 9.72. The molecule has 10 heteroatoms. The molecule has 1 aliphatic rings. The number of nitrogens with one attached hydrogen (secondary N) is 2. The smallest absolute Gasteiger partial charge is 0.408 e. The third-order valence-electron chi connectivity index (χ3n) is 9.28. The summed E-state index contributed by atoms with van der Waals surface area (Å²) < 4.78 is 7.59. The van der Waals surface area contributed by atoms with Crippen molar-refractivity contribution in [3.8, 4) is 28.3 Å². The average Bonchev–Trinajstić information content (AvgIpc) is 3.44. The van der Waals surface area contributed by atoms with Gasteiger partial charge >= 0.3 is 6.09 Å². The zero-order valence-electron chi connectivity index (χ0n) is 29.6. The first-order chi connectivity index (χ1) is 24.0. The minimum atomic E-state index is -0.584. The van der Waals surface area contributed by atoms with Gasteiger partial charge in [-0.15, -0.1) is 0 Å². The molecule has 10 nitrogen and oxygen atoms in total. The highest BCUT2D eigenvalue weighted by molar-refractivity contribution is 5.93. The van der Waals surface area contributed by atoms with Crippen LogP contribution in [0.5, 0.6) is 0 Å². The largest absolute Gasteiger partial charge is 0.444 e. The number of pyridine rings is 2. The normalized spacial score (nSPS) is 14.0. The third kappa shape index (κ3) is 7.34. The van der Waals surface area contributed by atoms with Crippen LogP contribution in [0.2, 0.25) is 0 Å². The lowest BCUT2D eigenvalue weighted by Gasteiger charge is -2.43. The first-order valence-corrected chi connectivity index (χ1v) is 17.6. The molecule has 0 atom stereocenters. The first kappa shape index (κ1) is 34.6. The number of ether oxygens (including phenoxy) is 1. The molecule has 1 saturated carbocycles. The molecule has 0 aliphatic heterocycles. The number of amides is 2. The van der Waals surface area contributed by atoms with Crippen LogP contribution in [0, 0.1) is 5.92 Å². The summed E-state index contributed by atoms with van der Waals surface area (Å²) in [5.41, 5.74) is 11.6. The molecule has 50 heavy (non-hydrogen) atoms. The fraction of sp³-hybridized carbons (Fsp3) is 0.375. The van der Waals surface area contributed by atoms with Gasteiger partial charge in [0.15, 0.2) is 11.5 Å². The highest BCUT2D eigenvalue weighted by Crippen LogP contribution is 2.42. The molecular formula is C40H47N7O3. The van der Waals surface area contributed by atoms with Crippen molar-refractivity contribution in [3.63, 3.8) is 0 Å². The molecule has 6 rings (SSSR count). The second kappa shape index (κ2) is 14.3. The van der Waals surface area contributed by atoms with Gasteiger partial charge < -0.3 is 21.1 Å². The number of hydrogen-bond donors (Lipinski definition) is 3. The van der Waals surface area contributed by atoms with Crippen LogP contribution in [0.25, 0.3) is 39.5 Å². The van der Waals surface area contributed by atoms with Crippen molar-refractivity contribution in [2.75, 3.05) is 11.1 Å². The molecular weight excluding hydrogens is 626 g/mol. The van der Waals surface area contributed by atoms with Gasteiger partial charge in [0.05, 0.1) is 16.8 Å². The van der Waals surface area contributed by atoms with Gasteiger partial charge in [0.25, 0.3) is 0 Å². The van der Waals surface area contributed by atoms with Gasteiger partial charge in [-0.2, -0.15) is 0 Å². The van der Waals surface area contributed by atoms with Crippen LogP contribution < -0.4 is 16.4 Å². The molecule has 1 aliphatic carbocycles. The molecule has 5 aromatic rings. The number of aromatic nitrogens is 4. The van der Waals surface area contributed by atoms with E-state index in [1.807, 2.05) is 86.0 Å². The van der Waals surface area contributed by atoms with E-state index in [9.17, 15) is 9.59 Å². The number of carbonyl (C=O) groups is 2. The van der Waals surface area contributed by atoms with Crippen molar-refractivity contribution in [3.05, 3.63) is 84.6 Å². The summed E-state index contributed by atoms with van der Waals surface area (Å²) in [5.74, 6) is 1.03. The Morgan fingerprint density at radius 1 is 0.960 bits per heavy atom. The summed E-state index contributed by atoms with van der Waals surface area (Å²) in [6.07, 6.45) is 7.59. The number of alkyl carbamates (subject to hydrolysis) is 1. The van der Waals surface area contributed by atoms with E-state index in [1.165, 1.54) is 0 Å². The molecule has 0 spiro atoms. The van der Waals surface area contributed by atoms with Crippen LogP contribution in [0.3, 0.4) is 0 Å². The number of nitrogens with zero attached hydrogens (tertiary/aromatic N) is 4. The molecule has 0 bridgehead atoms. The molecule has 2 aromatic carbocycles. The van der Waals surface area contributed by atoms with E-state index in [2.05, 4.69) is 41.6 Å². The maximum atomic E-state index is 13.1. The number of carbonyl (C=O) groups excluding carboxylic acids is 2. The molecule has 0 unspecified atom stereocenters. The summed E-state index contributed by atoms with van der Waals surface area (Å²) in [7, 11) is 0. The Morgan fingerprint density at radius 2 is 1.70 bits per heavy atom. The van der Waals surface area contributed by atoms with E-state index in [0.717, 1.165) is 73.1 Å². The summed E-state index contributed by atoms with van der Waals surface area (Å²) >= 11 is 0. The minimum absolute atomic E-state index is 0.00512. The summed E-state index contributed by atoms with van der Waals surface area (Å²) in [5, 5.41) is 6.29. The number of imidazole rings is 1. The lowest BCUT2D eigenvalue weighted by Crippen LogP contribution is -2.52. The van der Waals surface area contributed by atoms with E-state index in [-0.39, 0.29) is 11.8 Å². The van der Waals surface area contributed by atoms with Crippen molar-refractivity contribution >= 4 is 34.7 Å². The van der Waals surface area contributed by atoms with Crippen LogP contribution in [-0.2, 0) is 15.1 Å². The average molecular weight is 674 g/mol. The predicted molar refractivity (Wildman–Crippen MR) is 199 cm³/mol. The molecule has 0 saturated heterocycles. The van der Waals surface area contributed by atoms with Crippen molar-refractivity contribution in [2.45, 2.75) is 90.7 Å². The van der Waals surface area contributed by atoms with E-state index >= 15 is 0 Å². The highest BCUT2D eigenvalue weighted by Gasteiger charge is 2.41. The topological polar surface area (TPSA) is 137 Å². The number of rotatable bonds is 11. The van der Waals surface area contributed by atoms with Crippen molar-refractivity contribution in [2.24, 2.45) is 5.92 Å². The fourth-order valence-electron chi connectivity index (χ4n) is 6.70. The molecule has 3 aromatic heterocycles. The second-order valence-corrected chi connectivity index (χ2v) is 14.2. The lowest BCUT2D eigenvalue weighted by molar-refractivity contribution is -0.120. The molecule has 2 amide bonds. The molecule has 260 valence electrons. The van der Waals surface area contributed by atoms with E-state index in [0.29, 0.717) is 28.4 Å². The number of benzene rings is 2. The Bertz CT molecular complexity index is 1980. The zero-order valence-corrected chi connectivity index (χ0v) is 29.6.